The fourth-order valence-electron chi connectivity index (χ4n) is 2.23. The summed E-state index contributed by atoms with van der Waals surface area (Å²) in [5.74, 6) is 6.25. The number of para-hydroxylation sites is 1. The van der Waals surface area contributed by atoms with E-state index >= 15 is 0 Å². The van der Waals surface area contributed by atoms with Gasteiger partial charge in [-0.25, -0.2) is 10.1 Å². The standard InChI is InChI=1S/C13H16N8/c1-20-13(14)10(7-17-20)12(18-15)11-8-16-19-21(11)9-5-3-2-4-6-9/h2-8,12,18H,14-15H2,1H3. The lowest BCUT2D eigenvalue weighted by Gasteiger charge is -2.16. The third-order valence-electron chi connectivity index (χ3n) is 3.36. The highest BCUT2D eigenvalue weighted by Gasteiger charge is 2.23. The Morgan fingerprint density at radius 2 is 1.95 bits per heavy atom. The maximum atomic E-state index is 6.03. The highest BCUT2D eigenvalue weighted by molar-refractivity contribution is 5.45. The van der Waals surface area contributed by atoms with Crippen LogP contribution in [-0.2, 0) is 7.05 Å². The Bertz CT molecular complexity index is 730. The van der Waals surface area contributed by atoms with Gasteiger partial charge >= 0.3 is 0 Å². The smallest absolute Gasteiger partial charge is 0.126 e. The van der Waals surface area contributed by atoms with Gasteiger partial charge in [0.05, 0.1) is 29.8 Å². The molecule has 0 fully saturated rings. The minimum atomic E-state index is -0.353. The Hall–Kier alpha value is -2.71. The molecule has 2 heterocycles. The minimum Gasteiger partial charge on any atom is -0.384 e. The van der Waals surface area contributed by atoms with Crippen LogP contribution in [0.4, 0.5) is 5.82 Å². The minimum absolute atomic E-state index is 0.353. The van der Waals surface area contributed by atoms with E-state index in [4.69, 9.17) is 11.6 Å². The van der Waals surface area contributed by atoms with Crippen LogP contribution >= 0.6 is 0 Å². The molecule has 0 spiro atoms. The third-order valence-corrected chi connectivity index (χ3v) is 3.36. The van der Waals surface area contributed by atoms with Gasteiger partial charge in [0.15, 0.2) is 0 Å². The predicted octanol–water partition coefficient (Wildman–Crippen LogP) is 0.136. The molecule has 21 heavy (non-hydrogen) atoms. The molecule has 0 aliphatic heterocycles. The Morgan fingerprint density at radius 1 is 1.19 bits per heavy atom. The molecule has 0 aliphatic rings. The molecule has 1 aromatic carbocycles. The van der Waals surface area contributed by atoms with Gasteiger partial charge < -0.3 is 5.73 Å². The van der Waals surface area contributed by atoms with Crippen molar-refractivity contribution in [2.75, 3.05) is 5.73 Å². The molecule has 0 amide bonds. The molecule has 0 saturated carbocycles. The van der Waals surface area contributed by atoms with Crippen molar-refractivity contribution in [1.29, 1.82) is 0 Å². The van der Waals surface area contributed by atoms with Gasteiger partial charge in [-0.15, -0.1) is 5.10 Å². The molecule has 0 radical (unpaired) electrons. The third kappa shape index (κ3) is 2.26. The van der Waals surface area contributed by atoms with Crippen LogP contribution in [0.25, 0.3) is 5.69 Å². The zero-order valence-corrected chi connectivity index (χ0v) is 11.5. The Balaban J connectivity index is 2.07. The molecule has 1 atom stereocenters. The van der Waals surface area contributed by atoms with Crippen LogP contribution in [0, 0.1) is 0 Å². The van der Waals surface area contributed by atoms with Gasteiger partial charge in [0.2, 0.25) is 0 Å². The first-order valence-corrected chi connectivity index (χ1v) is 6.42. The highest BCUT2D eigenvalue weighted by atomic mass is 15.4. The number of aromatic nitrogens is 5. The summed E-state index contributed by atoms with van der Waals surface area (Å²) in [4.78, 5) is 0. The second-order valence-corrected chi connectivity index (χ2v) is 4.61. The highest BCUT2D eigenvalue weighted by Crippen LogP contribution is 2.26. The normalized spacial score (nSPS) is 12.5. The average Bonchev–Trinajstić information content (AvgIpc) is 3.11. The van der Waals surface area contributed by atoms with Gasteiger partial charge in [-0.05, 0) is 12.1 Å². The van der Waals surface area contributed by atoms with E-state index < -0.39 is 0 Å². The van der Waals surface area contributed by atoms with Crippen molar-refractivity contribution in [2.24, 2.45) is 12.9 Å². The number of hydrogen-bond donors (Lipinski definition) is 3. The van der Waals surface area contributed by atoms with Crippen LogP contribution in [0.2, 0.25) is 0 Å². The van der Waals surface area contributed by atoms with E-state index in [0.717, 1.165) is 16.9 Å². The van der Waals surface area contributed by atoms with Crippen LogP contribution in [0.15, 0.2) is 42.7 Å². The summed E-state index contributed by atoms with van der Waals surface area (Å²) in [7, 11) is 1.78. The monoisotopic (exact) mass is 284 g/mol. The summed E-state index contributed by atoms with van der Waals surface area (Å²) < 4.78 is 3.31. The lowest BCUT2D eigenvalue weighted by molar-refractivity contribution is 0.596. The van der Waals surface area contributed by atoms with Crippen LogP contribution in [0.1, 0.15) is 17.3 Å². The van der Waals surface area contributed by atoms with E-state index in [0.29, 0.717) is 5.82 Å². The number of anilines is 1. The molecule has 3 rings (SSSR count). The van der Waals surface area contributed by atoms with Crippen molar-refractivity contribution in [2.45, 2.75) is 6.04 Å². The lowest BCUT2D eigenvalue weighted by atomic mass is 10.1. The van der Waals surface area contributed by atoms with E-state index in [2.05, 4.69) is 20.8 Å². The molecule has 2 aromatic heterocycles. The molecule has 0 saturated heterocycles. The first-order valence-electron chi connectivity index (χ1n) is 6.42. The van der Waals surface area contributed by atoms with Crippen molar-refractivity contribution in [3.05, 3.63) is 54.0 Å². The van der Waals surface area contributed by atoms with Crippen molar-refractivity contribution in [3.63, 3.8) is 0 Å². The number of hydrogen-bond acceptors (Lipinski definition) is 6. The molecule has 1 unspecified atom stereocenters. The van der Waals surface area contributed by atoms with Gasteiger partial charge in [0, 0.05) is 12.6 Å². The number of hydrazine groups is 1. The molecular weight excluding hydrogens is 268 g/mol. The van der Waals surface area contributed by atoms with Crippen molar-refractivity contribution >= 4 is 5.82 Å². The van der Waals surface area contributed by atoms with E-state index in [9.17, 15) is 0 Å². The molecular formula is C13H16N8. The molecule has 0 bridgehead atoms. The molecule has 5 N–H and O–H groups in total. The van der Waals surface area contributed by atoms with E-state index in [1.54, 1.807) is 28.8 Å². The van der Waals surface area contributed by atoms with Gasteiger partial charge in [0.25, 0.3) is 0 Å². The predicted molar refractivity (Wildman–Crippen MR) is 78.1 cm³/mol. The Kier molecular flexibility index (Phi) is 3.38. The number of aryl methyl sites for hydroxylation is 1. The van der Waals surface area contributed by atoms with Crippen LogP contribution in [0.5, 0.6) is 0 Å². The summed E-state index contributed by atoms with van der Waals surface area (Å²) in [5, 5.41) is 12.2. The average molecular weight is 284 g/mol. The fourth-order valence-corrected chi connectivity index (χ4v) is 2.23. The molecule has 0 aliphatic carbocycles. The maximum absolute atomic E-state index is 6.03. The number of rotatable bonds is 4. The largest absolute Gasteiger partial charge is 0.384 e. The summed E-state index contributed by atoms with van der Waals surface area (Å²) >= 11 is 0. The number of nitrogens with two attached hydrogens (primary N) is 2. The van der Waals surface area contributed by atoms with E-state index in [1.807, 2.05) is 30.3 Å². The van der Waals surface area contributed by atoms with Crippen molar-refractivity contribution < 1.29 is 0 Å². The number of nitrogens with zero attached hydrogens (tertiary/aromatic N) is 5. The van der Waals surface area contributed by atoms with Crippen molar-refractivity contribution in [3.8, 4) is 5.69 Å². The zero-order chi connectivity index (χ0) is 14.8. The molecule has 8 nitrogen and oxygen atoms in total. The second-order valence-electron chi connectivity index (χ2n) is 4.61. The molecule has 108 valence electrons. The Labute approximate surface area is 121 Å². The number of benzene rings is 1. The van der Waals surface area contributed by atoms with Gasteiger partial charge in [-0.1, -0.05) is 23.4 Å². The van der Waals surface area contributed by atoms with Crippen molar-refractivity contribution in [1.82, 2.24) is 30.2 Å². The van der Waals surface area contributed by atoms with Gasteiger partial charge in [-0.3, -0.25) is 10.5 Å². The summed E-state index contributed by atoms with van der Waals surface area (Å²) in [5.41, 5.74) is 11.2. The Morgan fingerprint density at radius 3 is 2.57 bits per heavy atom. The fraction of sp³-hybridized carbons (Fsp3) is 0.154. The zero-order valence-electron chi connectivity index (χ0n) is 11.5. The quantitative estimate of drug-likeness (QED) is 0.464. The number of nitrogens with one attached hydrogen (secondary N) is 1. The second kappa shape index (κ2) is 5.35. The van der Waals surface area contributed by atoms with Crippen LogP contribution in [-0.4, -0.2) is 24.8 Å². The van der Waals surface area contributed by atoms with Crippen LogP contribution in [0.3, 0.4) is 0 Å². The lowest BCUT2D eigenvalue weighted by Crippen LogP contribution is -2.31. The molecule has 8 heteroatoms. The first kappa shape index (κ1) is 13.3. The van der Waals surface area contributed by atoms with Gasteiger partial charge in [0.1, 0.15) is 5.82 Å². The van der Waals surface area contributed by atoms with E-state index in [1.165, 1.54) is 0 Å². The van der Waals surface area contributed by atoms with E-state index in [-0.39, 0.29) is 6.04 Å². The summed E-state index contributed by atoms with van der Waals surface area (Å²) in [6, 6.07) is 9.34. The maximum Gasteiger partial charge on any atom is 0.126 e. The first-order chi connectivity index (χ1) is 10.2. The van der Waals surface area contributed by atoms with Crippen LogP contribution < -0.4 is 17.0 Å². The topological polar surface area (TPSA) is 113 Å². The summed E-state index contributed by atoms with van der Waals surface area (Å²) in [6.45, 7) is 0. The molecule has 3 aromatic rings. The SMILES string of the molecule is Cn1ncc(C(NN)c2cnnn2-c2ccccc2)c1N. The van der Waals surface area contributed by atoms with Gasteiger partial charge in [-0.2, -0.15) is 5.10 Å². The summed E-state index contributed by atoms with van der Waals surface area (Å²) in [6.07, 6.45) is 3.34. The number of nitrogen functional groups attached to an aromatic ring is 1.